The highest BCUT2D eigenvalue weighted by atomic mass is 19.4. The molecule has 1 aliphatic heterocycles. The zero-order chi connectivity index (χ0) is 26.0. The predicted octanol–water partition coefficient (Wildman–Crippen LogP) is 4.04. The third-order valence-corrected chi connectivity index (χ3v) is 7.40. The summed E-state index contributed by atoms with van der Waals surface area (Å²) >= 11 is 0. The number of aliphatic hydroxyl groups excluding tert-OH is 1. The first-order chi connectivity index (χ1) is 17.9. The van der Waals surface area contributed by atoms with Crippen LogP contribution in [0.5, 0.6) is 0 Å². The second-order valence-electron chi connectivity index (χ2n) is 9.86. The summed E-state index contributed by atoms with van der Waals surface area (Å²) in [5.74, 6) is 1.39. The van der Waals surface area contributed by atoms with Crippen LogP contribution in [0.2, 0.25) is 0 Å². The van der Waals surface area contributed by atoms with Gasteiger partial charge in [-0.2, -0.15) is 13.2 Å². The van der Waals surface area contributed by atoms with Gasteiger partial charge in [0.25, 0.3) is 0 Å². The van der Waals surface area contributed by atoms with Crippen molar-refractivity contribution >= 4 is 5.69 Å². The van der Waals surface area contributed by atoms with Gasteiger partial charge in [0, 0.05) is 31.6 Å². The van der Waals surface area contributed by atoms with Crippen molar-refractivity contribution in [1.82, 2.24) is 30.5 Å². The van der Waals surface area contributed by atoms with Crippen molar-refractivity contribution in [3.63, 3.8) is 0 Å². The molecule has 2 atom stereocenters. The lowest BCUT2D eigenvalue weighted by Gasteiger charge is -2.30. The topological polar surface area (TPSA) is 99.9 Å². The van der Waals surface area contributed by atoms with Crippen LogP contribution in [0.1, 0.15) is 78.0 Å². The van der Waals surface area contributed by atoms with Crippen LogP contribution in [0, 0.1) is 5.92 Å². The molecule has 0 bridgehead atoms. The van der Waals surface area contributed by atoms with Gasteiger partial charge >= 0.3 is 6.18 Å². The summed E-state index contributed by atoms with van der Waals surface area (Å²) in [6, 6.07) is 8.70. The van der Waals surface area contributed by atoms with Gasteiger partial charge in [0.2, 0.25) is 0 Å². The molecule has 1 aromatic carbocycles. The number of aromatic nitrogens is 4. The van der Waals surface area contributed by atoms with Crippen LogP contribution in [0.4, 0.5) is 18.9 Å². The third kappa shape index (κ3) is 5.34. The number of hydrogen-bond donors (Lipinski definition) is 4. The highest BCUT2D eigenvalue weighted by molar-refractivity contribution is 5.62. The van der Waals surface area contributed by atoms with Gasteiger partial charge < -0.3 is 20.4 Å². The lowest BCUT2D eigenvalue weighted by atomic mass is 9.76. The summed E-state index contributed by atoms with van der Waals surface area (Å²) in [5, 5.41) is 20.6. The number of pyridine rings is 1. The van der Waals surface area contributed by atoms with Crippen molar-refractivity contribution in [2.24, 2.45) is 13.0 Å². The van der Waals surface area contributed by atoms with Gasteiger partial charge in [-0.05, 0) is 36.0 Å². The van der Waals surface area contributed by atoms with E-state index < -0.39 is 17.9 Å². The first-order valence-electron chi connectivity index (χ1n) is 12.7. The van der Waals surface area contributed by atoms with Crippen LogP contribution < -0.4 is 16.2 Å². The summed E-state index contributed by atoms with van der Waals surface area (Å²) in [6.07, 6.45) is 2.96. The average molecular weight is 516 g/mol. The van der Waals surface area contributed by atoms with Crippen LogP contribution in [-0.2, 0) is 19.8 Å². The van der Waals surface area contributed by atoms with Gasteiger partial charge in [0.05, 0.1) is 24.0 Å². The minimum Gasteiger partial charge on any atom is -0.395 e. The average Bonchev–Trinajstić information content (AvgIpc) is 3.51. The second kappa shape index (κ2) is 10.8. The lowest BCUT2D eigenvalue weighted by molar-refractivity contribution is -0.141. The zero-order valence-electron chi connectivity index (χ0n) is 20.7. The summed E-state index contributed by atoms with van der Waals surface area (Å²) < 4.78 is 43.2. The molecule has 8 nitrogen and oxygen atoms in total. The van der Waals surface area contributed by atoms with Crippen molar-refractivity contribution in [2.45, 2.75) is 56.8 Å². The smallest absolute Gasteiger partial charge is 0.395 e. The van der Waals surface area contributed by atoms with Gasteiger partial charge in [-0.3, -0.25) is 0 Å². The molecular weight excluding hydrogens is 483 g/mol. The maximum atomic E-state index is 13.7. The number of hydrazine groups is 1. The molecular formula is C26H32F3N7O. The Kier molecular flexibility index (Phi) is 7.45. The summed E-state index contributed by atoms with van der Waals surface area (Å²) in [4.78, 5) is 3.88. The Hall–Kier alpha value is -3.02. The van der Waals surface area contributed by atoms with E-state index in [1.807, 2.05) is 23.7 Å². The van der Waals surface area contributed by atoms with E-state index in [9.17, 15) is 13.2 Å². The van der Waals surface area contributed by atoms with Gasteiger partial charge in [0.15, 0.2) is 0 Å². The van der Waals surface area contributed by atoms with E-state index in [0.29, 0.717) is 17.2 Å². The fourth-order valence-corrected chi connectivity index (χ4v) is 5.64. The molecule has 0 spiro atoms. The first-order valence-corrected chi connectivity index (χ1v) is 12.7. The minimum absolute atomic E-state index is 0.0583. The molecule has 37 heavy (non-hydrogen) atoms. The second-order valence-corrected chi connectivity index (χ2v) is 9.86. The highest BCUT2D eigenvalue weighted by Crippen LogP contribution is 2.42. The first kappa shape index (κ1) is 25.6. The molecule has 0 radical (unpaired) electrons. The molecule has 0 amide bonds. The van der Waals surface area contributed by atoms with Crippen molar-refractivity contribution in [3.8, 4) is 0 Å². The maximum absolute atomic E-state index is 13.7. The van der Waals surface area contributed by atoms with Crippen LogP contribution in [-0.4, -0.2) is 38.0 Å². The largest absolute Gasteiger partial charge is 0.433 e. The summed E-state index contributed by atoms with van der Waals surface area (Å²) in [6.45, 7) is 0.246. The molecule has 198 valence electrons. The Labute approximate surface area is 213 Å². The number of alkyl halides is 3. The normalized spacial score (nSPS) is 19.0. The number of fused-ring (bicyclic) bond motifs is 1. The van der Waals surface area contributed by atoms with E-state index in [4.69, 9.17) is 5.11 Å². The number of nitrogens with one attached hydrogen (secondary N) is 3. The molecule has 5 rings (SSSR count). The number of benzene rings is 1. The van der Waals surface area contributed by atoms with Crippen LogP contribution >= 0.6 is 0 Å². The Bertz CT molecular complexity index is 1220. The van der Waals surface area contributed by atoms with Gasteiger partial charge in [-0.25, -0.2) is 10.4 Å². The van der Waals surface area contributed by atoms with Crippen LogP contribution in [0.3, 0.4) is 0 Å². The standard InChI is InChI=1S/C26H32F3N7O/c1-36-15-31-35-25(36)22(16-6-3-2-4-7-16)17-8-5-9-18(12-17)23-19-13-21(26(27,28)29)32-20(14-30-10-11-37)24(19)34-33-23/h5,8-9,12-13,15-16,22-23,30,33-34,37H,2-4,6-7,10-11,14H2,1H3/t22-,23?/m1/s1. The van der Waals surface area contributed by atoms with Crippen molar-refractivity contribution in [3.05, 3.63) is 70.6 Å². The van der Waals surface area contributed by atoms with Crippen molar-refractivity contribution in [1.29, 1.82) is 0 Å². The van der Waals surface area contributed by atoms with E-state index in [1.54, 1.807) is 6.33 Å². The fraction of sp³-hybridized carbons (Fsp3) is 0.500. The van der Waals surface area contributed by atoms with Gasteiger partial charge in [0.1, 0.15) is 17.8 Å². The SMILES string of the molecule is Cn1cnnc1[C@@H](c1cccc(C2NNc3c2cc(C(F)(F)F)nc3CNCCO)c1)C1CCCCC1. The fourth-order valence-electron chi connectivity index (χ4n) is 5.64. The van der Waals surface area contributed by atoms with Crippen LogP contribution in [0.15, 0.2) is 36.7 Å². The van der Waals surface area contributed by atoms with E-state index in [-0.39, 0.29) is 31.3 Å². The molecule has 11 heteroatoms. The molecule has 1 saturated carbocycles. The predicted molar refractivity (Wildman–Crippen MR) is 132 cm³/mol. The summed E-state index contributed by atoms with van der Waals surface area (Å²) in [5.41, 5.74) is 8.53. The highest BCUT2D eigenvalue weighted by Gasteiger charge is 2.37. The molecule has 0 saturated heterocycles. The Morgan fingerprint density at radius 3 is 2.70 bits per heavy atom. The van der Waals surface area contributed by atoms with Gasteiger partial charge in [-0.15, -0.1) is 10.2 Å². The number of aryl methyl sites for hydroxylation is 1. The molecule has 1 unspecified atom stereocenters. The quantitative estimate of drug-likeness (QED) is 0.336. The lowest BCUT2D eigenvalue weighted by Crippen LogP contribution is -2.22. The number of hydrogen-bond acceptors (Lipinski definition) is 7. The Balaban J connectivity index is 1.53. The summed E-state index contributed by atoms with van der Waals surface area (Å²) in [7, 11) is 1.95. The number of halogens is 3. The molecule has 2 aliphatic rings. The number of nitrogens with zero attached hydrogens (tertiary/aromatic N) is 4. The molecule has 1 aliphatic carbocycles. The Morgan fingerprint density at radius 2 is 2.00 bits per heavy atom. The molecule has 4 N–H and O–H groups in total. The number of rotatable bonds is 8. The van der Waals surface area contributed by atoms with Crippen molar-refractivity contribution < 1.29 is 18.3 Å². The minimum atomic E-state index is -4.58. The monoisotopic (exact) mass is 515 g/mol. The van der Waals surface area contributed by atoms with Crippen LogP contribution in [0.25, 0.3) is 0 Å². The maximum Gasteiger partial charge on any atom is 0.433 e. The molecule has 3 heterocycles. The Morgan fingerprint density at radius 1 is 1.19 bits per heavy atom. The number of aliphatic hydroxyl groups is 1. The number of anilines is 1. The molecule has 2 aromatic heterocycles. The zero-order valence-corrected chi connectivity index (χ0v) is 20.7. The van der Waals surface area contributed by atoms with Gasteiger partial charge in [-0.1, -0.05) is 43.5 Å². The van der Waals surface area contributed by atoms with E-state index in [0.717, 1.165) is 35.9 Å². The van der Waals surface area contributed by atoms with E-state index in [2.05, 4.69) is 43.5 Å². The van der Waals surface area contributed by atoms with Crippen molar-refractivity contribution in [2.75, 3.05) is 18.6 Å². The third-order valence-electron chi connectivity index (χ3n) is 7.40. The van der Waals surface area contributed by atoms with E-state index in [1.165, 1.54) is 19.3 Å². The molecule has 1 fully saturated rings. The molecule has 3 aromatic rings. The van der Waals surface area contributed by atoms with E-state index >= 15 is 0 Å².